The predicted octanol–water partition coefficient (Wildman–Crippen LogP) is 2.02. The number of amidine groups is 1. The molecule has 0 aliphatic heterocycles. The maximum Gasteiger partial charge on any atom is 0.143 e. The fraction of sp³-hybridized carbons (Fsp3) is 0.125. The van der Waals surface area contributed by atoms with Crippen LogP contribution in [0.15, 0.2) is 21.8 Å². The summed E-state index contributed by atoms with van der Waals surface area (Å²) >= 11 is 2.94. The van der Waals surface area contributed by atoms with E-state index in [-0.39, 0.29) is 17.8 Å². The van der Waals surface area contributed by atoms with Crippen LogP contribution in [0.3, 0.4) is 0 Å². The first-order valence-electron chi connectivity index (χ1n) is 3.64. The van der Waals surface area contributed by atoms with Gasteiger partial charge in [-0.2, -0.15) is 0 Å². The van der Waals surface area contributed by atoms with Gasteiger partial charge in [0.1, 0.15) is 17.5 Å². The van der Waals surface area contributed by atoms with Crippen LogP contribution in [0.25, 0.3) is 0 Å². The molecule has 0 heterocycles. The molecule has 0 spiro atoms. The third-order valence-corrected chi connectivity index (χ3v) is 2.05. The van der Waals surface area contributed by atoms with Crippen molar-refractivity contribution in [3.63, 3.8) is 0 Å². The number of hydrogen-bond acceptors (Lipinski definition) is 2. The Balaban J connectivity index is 3.09. The van der Waals surface area contributed by atoms with E-state index in [0.29, 0.717) is 4.47 Å². The number of nitrogens with zero attached hydrogens (tertiary/aromatic N) is 1. The molecule has 0 saturated carbocycles. The summed E-state index contributed by atoms with van der Waals surface area (Å²) in [6, 6.07) is 2.23. The Labute approximate surface area is 87.3 Å². The molecule has 0 fully saturated rings. The van der Waals surface area contributed by atoms with Crippen molar-refractivity contribution in [2.75, 3.05) is 0 Å². The third-order valence-electron chi connectivity index (χ3n) is 1.59. The Morgan fingerprint density at radius 3 is 2.36 bits per heavy atom. The summed E-state index contributed by atoms with van der Waals surface area (Å²) in [5, 5.41) is 10.9. The van der Waals surface area contributed by atoms with E-state index >= 15 is 0 Å². The molecule has 0 amide bonds. The summed E-state index contributed by atoms with van der Waals surface area (Å²) in [5.74, 6) is -1.71. The van der Waals surface area contributed by atoms with Gasteiger partial charge in [-0.05, 0) is 12.1 Å². The van der Waals surface area contributed by atoms with Crippen LogP contribution in [0, 0.1) is 11.6 Å². The smallest absolute Gasteiger partial charge is 0.143 e. The molecule has 76 valence electrons. The van der Waals surface area contributed by atoms with Gasteiger partial charge < -0.3 is 10.9 Å². The highest BCUT2D eigenvalue weighted by Crippen LogP contribution is 2.19. The molecular formula is C8H7BrF2N2O. The van der Waals surface area contributed by atoms with Crippen molar-refractivity contribution in [3.8, 4) is 0 Å². The van der Waals surface area contributed by atoms with Crippen molar-refractivity contribution >= 4 is 21.8 Å². The van der Waals surface area contributed by atoms with Crippen molar-refractivity contribution in [1.29, 1.82) is 0 Å². The molecule has 6 heteroatoms. The summed E-state index contributed by atoms with van der Waals surface area (Å²) < 4.78 is 26.6. The van der Waals surface area contributed by atoms with E-state index in [2.05, 4.69) is 21.1 Å². The first-order valence-corrected chi connectivity index (χ1v) is 4.43. The Kier molecular flexibility index (Phi) is 3.40. The van der Waals surface area contributed by atoms with Crippen molar-refractivity contribution in [3.05, 3.63) is 33.8 Å². The summed E-state index contributed by atoms with van der Waals surface area (Å²) in [5.41, 5.74) is 4.92. The number of benzene rings is 1. The van der Waals surface area contributed by atoms with E-state index in [1.165, 1.54) is 0 Å². The number of halogens is 3. The van der Waals surface area contributed by atoms with Crippen LogP contribution in [-0.2, 0) is 6.42 Å². The molecule has 0 unspecified atom stereocenters. The average Bonchev–Trinajstić information content (AvgIpc) is 2.10. The van der Waals surface area contributed by atoms with E-state index in [4.69, 9.17) is 10.9 Å². The quantitative estimate of drug-likeness (QED) is 0.372. The highest BCUT2D eigenvalue weighted by molar-refractivity contribution is 9.10. The second kappa shape index (κ2) is 4.36. The molecule has 0 saturated heterocycles. The van der Waals surface area contributed by atoms with Gasteiger partial charge in [0.25, 0.3) is 0 Å². The molecule has 0 radical (unpaired) electrons. The number of rotatable bonds is 2. The molecular weight excluding hydrogens is 258 g/mol. The minimum atomic E-state index is -0.733. The van der Waals surface area contributed by atoms with Crippen LogP contribution in [0.2, 0.25) is 0 Å². The lowest BCUT2D eigenvalue weighted by Gasteiger charge is -2.04. The Hall–Kier alpha value is -1.17. The van der Waals surface area contributed by atoms with Gasteiger partial charge in [0.15, 0.2) is 0 Å². The fourth-order valence-corrected chi connectivity index (χ4v) is 1.36. The van der Waals surface area contributed by atoms with Crippen LogP contribution < -0.4 is 5.73 Å². The monoisotopic (exact) mass is 264 g/mol. The first-order chi connectivity index (χ1) is 6.54. The Bertz CT molecular complexity index is 359. The zero-order chi connectivity index (χ0) is 10.7. The van der Waals surface area contributed by atoms with Crippen LogP contribution in [0.4, 0.5) is 8.78 Å². The second-order valence-corrected chi connectivity index (χ2v) is 3.53. The summed E-state index contributed by atoms with van der Waals surface area (Å²) in [7, 11) is 0. The van der Waals surface area contributed by atoms with Crippen LogP contribution >= 0.6 is 15.9 Å². The zero-order valence-electron chi connectivity index (χ0n) is 6.97. The summed E-state index contributed by atoms with van der Waals surface area (Å²) in [6.45, 7) is 0. The molecule has 14 heavy (non-hydrogen) atoms. The minimum Gasteiger partial charge on any atom is -0.409 e. The minimum absolute atomic E-state index is 0.219. The summed E-state index contributed by atoms with van der Waals surface area (Å²) in [4.78, 5) is 0. The Morgan fingerprint density at radius 2 is 1.93 bits per heavy atom. The molecule has 0 aliphatic carbocycles. The van der Waals surface area contributed by atoms with Gasteiger partial charge in [-0.1, -0.05) is 21.1 Å². The van der Waals surface area contributed by atoms with E-state index in [9.17, 15) is 8.78 Å². The van der Waals surface area contributed by atoms with E-state index in [1.54, 1.807) is 0 Å². The largest absolute Gasteiger partial charge is 0.409 e. The van der Waals surface area contributed by atoms with Crippen molar-refractivity contribution < 1.29 is 14.0 Å². The van der Waals surface area contributed by atoms with Crippen molar-refractivity contribution in [2.45, 2.75) is 6.42 Å². The van der Waals surface area contributed by atoms with Gasteiger partial charge in [-0.25, -0.2) is 8.78 Å². The maximum absolute atomic E-state index is 13.1. The topological polar surface area (TPSA) is 58.6 Å². The standard InChI is InChI=1S/C8H7BrF2N2O/c9-4-1-6(10)5(7(11)2-4)3-8(12)13-14/h1-2,14H,3H2,(H2,12,13). The highest BCUT2D eigenvalue weighted by atomic mass is 79.9. The lowest BCUT2D eigenvalue weighted by molar-refractivity contribution is 0.317. The van der Waals surface area contributed by atoms with Crippen LogP contribution in [0.1, 0.15) is 5.56 Å². The van der Waals surface area contributed by atoms with Gasteiger partial charge in [-0.3, -0.25) is 0 Å². The SMILES string of the molecule is N/C(Cc1c(F)cc(Br)cc1F)=N\O. The van der Waals surface area contributed by atoms with Crippen molar-refractivity contribution in [1.82, 2.24) is 0 Å². The van der Waals surface area contributed by atoms with Gasteiger partial charge in [0, 0.05) is 16.5 Å². The molecule has 0 aliphatic rings. The molecule has 1 rings (SSSR count). The average molecular weight is 265 g/mol. The van der Waals surface area contributed by atoms with E-state index in [0.717, 1.165) is 12.1 Å². The predicted molar refractivity (Wildman–Crippen MR) is 51.2 cm³/mol. The third kappa shape index (κ3) is 2.41. The molecule has 3 N–H and O–H groups in total. The zero-order valence-corrected chi connectivity index (χ0v) is 8.55. The second-order valence-electron chi connectivity index (χ2n) is 2.62. The van der Waals surface area contributed by atoms with Crippen LogP contribution in [-0.4, -0.2) is 11.0 Å². The van der Waals surface area contributed by atoms with Crippen LogP contribution in [0.5, 0.6) is 0 Å². The molecule has 3 nitrogen and oxygen atoms in total. The Morgan fingerprint density at radius 1 is 1.43 bits per heavy atom. The van der Waals surface area contributed by atoms with E-state index in [1.807, 2.05) is 0 Å². The fourth-order valence-electron chi connectivity index (χ4n) is 0.957. The summed E-state index contributed by atoms with van der Waals surface area (Å²) in [6.07, 6.45) is -0.262. The molecule has 1 aromatic rings. The molecule has 1 aromatic carbocycles. The number of nitrogens with two attached hydrogens (primary N) is 1. The van der Waals surface area contributed by atoms with Crippen molar-refractivity contribution in [2.24, 2.45) is 10.9 Å². The van der Waals surface area contributed by atoms with Gasteiger partial charge in [0.05, 0.1) is 0 Å². The molecule has 0 bridgehead atoms. The van der Waals surface area contributed by atoms with Gasteiger partial charge in [0.2, 0.25) is 0 Å². The van der Waals surface area contributed by atoms with E-state index < -0.39 is 11.6 Å². The lowest BCUT2D eigenvalue weighted by atomic mass is 10.1. The normalized spacial score (nSPS) is 11.8. The molecule has 0 atom stereocenters. The first kappa shape index (κ1) is 10.9. The lowest BCUT2D eigenvalue weighted by Crippen LogP contribution is -2.16. The number of oxime groups is 1. The number of hydrogen-bond donors (Lipinski definition) is 2. The van der Waals surface area contributed by atoms with Gasteiger partial charge in [-0.15, -0.1) is 0 Å². The maximum atomic E-state index is 13.1. The highest BCUT2D eigenvalue weighted by Gasteiger charge is 2.11. The van der Waals surface area contributed by atoms with Gasteiger partial charge >= 0.3 is 0 Å². The molecule has 0 aromatic heterocycles.